The van der Waals surface area contributed by atoms with Gasteiger partial charge in [0.1, 0.15) is 6.33 Å². The summed E-state index contributed by atoms with van der Waals surface area (Å²) >= 11 is -0.956. The first-order valence-electron chi connectivity index (χ1n) is 5.87. The molecule has 0 aliphatic carbocycles. The van der Waals surface area contributed by atoms with Crippen LogP contribution in [0.25, 0.3) is 0 Å². The van der Waals surface area contributed by atoms with Crippen LogP contribution in [0.1, 0.15) is 12.5 Å². The predicted molar refractivity (Wildman–Crippen MR) is 78.7 cm³/mol. The number of nitrogens with zero attached hydrogens (tertiary/aromatic N) is 3. The molecule has 0 amide bonds. The van der Waals surface area contributed by atoms with Crippen molar-refractivity contribution in [1.29, 1.82) is 0 Å². The first-order valence-corrected chi connectivity index (χ1v) is 7.24. The molecule has 0 saturated heterocycles. The second-order valence-electron chi connectivity index (χ2n) is 4.11. The molecular formula is C14H13N3OS. The van der Waals surface area contributed by atoms with Crippen molar-refractivity contribution in [2.45, 2.75) is 12.4 Å². The third-order valence-electron chi connectivity index (χ3n) is 2.79. The number of imidazole rings is 1. The number of rotatable bonds is 1. The summed E-state index contributed by atoms with van der Waals surface area (Å²) in [5.41, 5.74) is 0.172. The number of fused-ring (bicyclic) bond motifs is 1. The molecule has 0 radical (unpaired) electrons. The fourth-order valence-electron chi connectivity index (χ4n) is 1.93. The fraction of sp³-hybridized carbons (Fsp3) is 0.143. The second kappa shape index (κ2) is 4.92. The third-order valence-corrected chi connectivity index (χ3v) is 4.92. The number of hydrogen-bond acceptors (Lipinski definition) is 3. The van der Waals surface area contributed by atoms with Gasteiger partial charge >= 0.3 is 0 Å². The van der Waals surface area contributed by atoms with Gasteiger partial charge in [0.2, 0.25) is 0 Å². The van der Waals surface area contributed by atoms with E-state index in [0.717, 1.165) is 16.4 Å². The maximum absolute atomic E-state index is 10.3. The van der Waals surface area contributed by atoms with Crippen molar-refractivity contribution < 1.29 is 5.11 Å². The van der Waals surface area contributed by atoms with Crippen molar-refractivity contribution in [2.75, 3.05) is 0 Å². The lowest BCUT2D eigenvalue weighted by Crippen LogP contribution is -2.12. The van der Waals surface area contributed by atoms with Crippen LogP contribution in [0.5, 0.6) is 0 Å². The molecule has 19 heavy (non-hydrogen) atoms. The predicted octanol–water partition coefficient (Wildman–Crippen LogP) is 2.08. The Labute approximate surface area is 114 Å². The zero-order chi connectivity index (χ0) is 13.2. The Balaban J connectivity index is 1.85. The zero-order valence-electron chi connectivity index (χ0n) is 10.4. The van der Waals surface area contributed by atoms with E-state index in [4.69, 9.17) is 0 Å². The maximum atomic E-state index is 10.3. The maximum Gasteiger partial charge on any atom is 0.164 e. The van der Waals surface area contributed by atoms with Crippen LogP contribution in [0.15, 0.2) is 47.8 Å². The van der Waals surface area contributed by atoms with E-state index in [1.54, 1.807) is 12.5 Å². The van der Waals surface area contributed by atoms with E-state index < -0.39 is 16.5 Å². The summed E-state index contributed by atoms with van der Waals surface area (Å²) in [7, 11) is 0. The molecule has 0 saturated carbocycles. The van der Waals surface area contributed by atoms with Crippen LogP contribution in [0.3, 0.4) is 0 Å². The van der Waals surface area contributed by atoms with Gasteiger partial charge in [-0.3, -0.25) is 3.97 Å². The van der Waals surface area contributed by atoms with Crippen LogP contribution >= 0.6 is 11.1 Å². The summed E-state index contributed by atoms with van der Waals surface area (Å²) in [6.07, 6.45) is 3.40. The lowest BCUT2D eigenvalue weighted by molar-refractivity contribution is 0.316. The van der Waals surface area contributed by atoms with Gasteiger partial charge in [-0.05, 0) is 19.1 Å². The number of aromatic nitrogens is 2. The van der Waals surface area contributed by atoms with E-state index in [2.05, 4.69) is 21.8 Å². The van der Waals surface area contributed by atoms with Crippen molar-refractivity contribution >= 4 is 21.9 Å². The van der Waals surface area contributed by atoms with Crippen LogP contribution in [0.4, 0.5) is 5.82 Å². The number of aliphatic hydroxyl groups is 1. The molecule has 1 aromatic heterocycles. The molecule has 1 aliphatic rings. The van der Waals surface area contributed by atoms with Crippen LogP contribution < -0.4 is 0 Å². The molecule has 2 atom stereocenters. The molecular weight excluding hydrogens is 258 g/mol. The standard InChI is InChI=1S/C14H13N3OS/c1-11-16-13-9-15-10-17(13)19(11)14(18)8-7-12-5-3-2-4-6-12/h2-6,9-10,14,18-19H,1H3. The van der Waals surface area contributed by atoms with Crippen LogP contribution in [0.2, 0.25) is 0 Å². The number of aliphatic hydroxyl groups excluding tert-OH is 1. The number of aliphatic imine (C=N–C) groups is 1. The zero-order valence-corrected chi connectivity index (χ0v) is 11.2. The average Bonchev–Trinajstić information content (AvgIpc) is 2.97. The first kappa shape index (κ1) is 12.0. The van der Waals surface area contributed by atoms with E-state index in [9.17, 15) is 5.11 Å². The van der Waals surface area contributed by atoms with Crippen molar-refractivity contribution in [2.24, 2.45) is 4.99 Å². The van der Waals surface area contributed by atoms with Crippen LogP contribution in [0, 0.1) is 11.8 Å². The minimum atomic E-state index is -0.956. The summed E-state index contributed by atoms with van der Waals surface area (Å²) in [4.78, 5) is 8.43. The van der Waals surface area contributed by atoms with Crippen molar-refractivity contribution in [1.82, 2.24) is 8.96 Å². The Bertz CT molecular complexity index is 681. The topological polar surface area (TPSA) is 50.4 Å². The Hall–Kier alpha value is -2.03. The smallest absolute Gasteiger partial charge is 0.164 e. The van der Waals surface area contributed by atoms with E-state index in [1.807, 2.05) is 41.2 Å². The van der Waals surface area contributed by atoms with Gasteiger partial charge in [0.05, 0.1) is 11.2 Å². The SMILES string of the molecule is CC1=Nc2cncn2[SH]1C(O)C#Cc1ccccc1. The van der Waals surface area contributed by atoms with E-state index in [-0.39, 0.29) is 0 Å². The quantitative estimate of drug-likeness (QED) is 0.616. The Morgan fingerprint density at radius 1 is 1.32 bits per heavy atom. The minimum absolute atomic E-state index is 0.727. The Morgan fingerprint density at radius 3 is 2.89 bits per heavy atom. The number of hydrogen-bond donors (Lipinski definition) is 2. The summed E-state index contributed by atoms with van der Waals surface area (Å²) in [6.45, 7) is 1.92. The Kier molecular flexibility index (Phi) is 3.11. The van der Waals surface area contributed by atoms with Gasteiger partial charge < -0.3 is 5.11 Å². The minimum Gasteiger partial charge on any atom is -0.371 e. The fourth-order valence-corrected chi connectivity index (χ4v) is 3.71. The summed E-state index contributed by atoms with van der Waals surface area (Å²) in [5, 5.41) is 11.2. The van der Waals surface area contributed by atoms with Gasteiger partial charge in [0, 0.05) is 5.56 Å². The molecule has 2 heterocycles. The second-order valence-corrected chi connectivity index (χ2v) is 6.37. The van der Waals surface area contributed by atoms with Gasteiger partial charge in [-0.2, -0.15) is 0 Å². The molecule has 1 N–H and O–H groups in total. The lowest BCUT2D eigenvalue weighted by atomic mass is 10.2. The monoisotopic (exact) mass is 271 g/mol. The lowest BCUT2D eigenvalue weighted by Gasteiger charge is -2.20. The number of thiol groups is 1. The van der Waals surface area contributed by atoms with Gasteiger partial charge in [0.25, 0.3) is 0 Å². The van der Waals surface area contributed by atoms with Gasteiger partial charge in [0.15, 0.2) is 11.3 Å². The molecule has 1 aliphatic heterocycles. The molecule has 0 fully saturated rings. The highest BCUT2D eigenvalue weighted by Gasteiger charge is 2.25. The molecule has 1 aromatic carbocycles. The highest BCUT2D eigenvalue weighted by molar-refractivity contribution is 8.29. The molecule has 96 valence electrons. The molecule has 2 aromatic rings. The van der Waals surface area contributed by atoms with Crippen LogP contribution in [-0.4, -0.2) is 24.5 Å². The van der Waals surface area contributed by atoms with Gasteiger partial charge in [-0.15, -0.1) is 0 Å². The normalized spacial score (nSPS) is 20.1. The van der Waals surface area contributed by atoms with E-state index in [0.29, 0.717) is 0 Å². The van der Waals surface area contributed by atoms with Crippen molar-refractivity contribution in [3.05, 3.63) is 48.4 Å². The summed E-state index contributed by atoms with van der Waals surface area (Å²) in [6, 6.07) is 9.64. The van der Waals surface area contributed by atoms with Crippen LogP contribution in [-0.2, 0) is 0 Å². The molecule has 3 rings (SSSR count). The highest BCUT2D eigenvalue weighted by Crippen LogP contribution is 2.43. The summed E-state index contributed by atoms with van der Waals surface area (Å²) < 4.78 is 1.91. The molecule has 4 nitrogen and oxygen atoms in total. The molecule has 0 spiro atoms. The third kappa shape index (κ3) is 2.28. The number of benzene rings is 1. The molecule has 0 bridgehead atoms. The van der Waals surface area contributed by atoms with Crippen molar-refractivity contribution in [3.63, 3.8) is 0 Å². The summed E-state index contributed by atoms with van der Waals surface area (Å²) in [5.74, 6) is 6.69. The Morgan fingerprint density at radius 2 is 2.11 bits per heavy atom. The van der Waals surface area contributed by atoms with Crippen molar-refractivity contribution in [3.8, 4) is 11.8 Å². The molecule has 2 unspecified atom stereocenters. The molecule has 5 heteroatoms. The average molecular weight is 271 g/mol. The van der Waals surface area contributed by atoms with E-state index >= 15 is 0 Å². The van der Waals surface area contributed by atoms with Gasteiger partial charge in [-0.1, -0.05) is 41.1 Å². The largest absolute Gasteiger partial charge is 0.371 e. The first-order chi connectivity index (χ1) is 9.25. The highest BCUT2D eigenvalue weighted by atomic mass is 32.2. The van der Waals surface area contributed by atoms with Gasteiger partial charge in [-0.25, -0.2) is 9.98 Å². The van der Waals surface area contributed by atoms with E-state index in [1.165, 1.54) is 0 Å².